The standard InChI is InChI=1S/2C16H20Cl2N4O2S.2ClH.H2O/c2*1-21(2)15(23)5-6-25-9-16(24,8-22-11-19-10-20-22)13-4-3-12(17)7-14(13)18;;;/h2*3-4,7,10-11,24H,5-6,8-9H2,1-2H3;2*1H;1H2. The van der Waals surface area contributed by atoms with Crippen molar-refractivity contribution in [1.29, 1.82) is 0 Å². The average molecular weight is 898 g/mol. The van der Waals surface area contributed by atoms with Gasteiger partial charge in [0.1, 0.15) is 36.5 Å². The molecule has 2 atom stereocenters. The summed E-state index contributed by atoms with van der Waals surface area (Å²) in [4.78, 5) is 34.3. The number of nitrogens with zero attached hydrogens (tertiary/aromatic N) is 8. The maximum atomic E-state index is 11.7. The second-order valence-corrected chi connectivity index (χ2v) is 15.6. The van der Waals surface area contributed by atoms with Crippen LogP contribution in [0.1, 0.15) is 24.0 Å². The fraction of sp³-hybridized carbons (Fsp3) is 0.438. The van der Waals surface area contributed by atoms with Gasteiger partial charge in [0.05, 0.1) is 13.1 Å². The Labute approximate surface area is 350 Å². The van der Waals surface area contributed by atoms with Crippen molar-refractivity contribution < 1.29 is 25.3 Å². The normalized spacial score (nSPS) is 12.7. The lowest BCUT2D eigenvalue weighted by molar-refractivity contribution is -0.128. The van der Waals surface area contributed by atoms with Crippen molar-refractivity contribution in [2.45, 2.75) is 37.1 Å². The van der Waals surface area contributed by atoms with E-state index in [0.717, 1.165) is 0 Å². The monoisotopic (exact) mass is 894 g/mol. The first-order chi connectivity index (χ1) is 23.6. The van der Waals surface area contributed by atoms with Crippen LogP contribution in [0, 0.1) is 0 Å². The molecule has 0 bridgehead atoms. The lowest BCUT2D eigenvalue weighted by atomic mass is 9.95. The van der Waals surface area contributed by atoms with Gasteiger partial charge >= 0.3 is 0 Å². The third-order valence-electron chi connectivity index (χ3n) is 7.25. The van der Waals surface area contributed by atoms with Crippen molar-refractivity contribution in [3.63, 3.8) is 0 Å². The van der Waals surface area contributed by atoms with Gasteiger partial charge in [-0.1, -0.05) is 58.5 Å². The molecule has 0 spiro atoms. The van der Waals surface area contributed by atoms with E-state index in [9.17, 15) is 19.8 Å². The molecule has 2 aromatic carbocycles. The van der Waals surface area contributed by atoms with Gasteiger partial charge < -0.3 is 25.5 Å². The molecule has 2 heterocycles. The number of carbonyl (C=O) groups excluding carboxylic acids is 2. The van der Waals surface area contributed by atoms with Gasteiger partial charge in [0.2, 0.25) is 11.8 Å². The smallest absolute Gasteiger partial charge is 0.222 e. The molecule has 2 amide bonds. The molecule has 0 aliphatic rings. The highest BCUT2D eigenvalue weighted by atomic mass is 35.5. The Morgan fingerprint density at radius 3 is 1.34 bits per heavy atom. The van der Waals surface area contributed by atoms with Gasteiger partial charge in [-0.3, -0.25) is 9.59 Å². The number of aromatic nitrogens is 6. The number of halogens is 6. The van der Waals surface area contributed by atoms with E-state index < -0.39 is 11.2 Å². The Kier molecular flexibility index (Phi) is 23.6. The molecule has 0 saturated carbocycles. The van der Waals surface area contributed by atoms with Crippen molar-refractivity contribution in [1.82, 2.24) is 39.3 Å². The highest BCUT2D eigenvalue weighted by Crippen LogP contribution is 2.36. The zero-order valence-corrected chi connectivity index (χ0v) is 35.7. The molecule has 4 N–H and O–H groups in total. The molecule has 0 radical (unpaired) electrons. The Morgan fingerprint density at radius 1 is 0.698 bits per heavy atom. The molecule has 53 heavy (non-hydrogen) atoms. The number of thioether (sulfide) groups is 2. The van der Waals surface area contributed by atoms with E-state index >= 15 is 0 Å². The van der Waals surface area contributed by atoms with Crippen molar-refractivity contribution in [3.8, 4) is 0 Å². The van der Waals surface area contributed by atoms with E-state index in [1.54, 1.807) is 83.8 Å². The van der Waals surface area contributed by atoms with Crippen LogP contribution in [0.25, 0.3) is 0 Å². The predicted octanol–water partition coefficient (Wildman–Crippen LogP) is 5.39. The van der Waals surface area contributed by atoms with Crippen LogP contribution >= 0.6 is 94.7 Å². The second-order valence-electron chi connectivity index (χ2n) is 11.7. The number of hydrogen-bond donors (Lipinski definition) is 2. The molecule has 296 valence electrons. The number of rotatable bonds is 16. The van der Waals surface area contributed by atoms with Gasteiger partial charge in [-0.05, 0) is 24.3 Å². The van der Waals surface area contributed by atoms with E-state index in [4.69, 9.17) is 46.4 Å². The minimum atomic E-state index is -1.26. The summed E-state index contributed by atoms with van der Waals surface area (Å²) in [6, 6.07) is 10.0. The largest absolute Gasteiger partial charge is 0.412 e. The fourth-order valence-corrected chi connectivity index (χ4v) is 7.83. The van der Waals surface area contributed by atoms with E-state index in [2.05, 4.69) is 20.2 Å². The Bertz CT molecular complexity index is 1560. The zero-order chi connectivity index (χ0) is 36.9. The van der Waals surface area contributed by atoms with Gasteiger partial charge in [-0.2, -0.15) is 33.7 Å². The van der Waals surface area contributed by atoms with Gasteiger partial charge in [-0.25, -0.2) is 19.3 Å². The summed E-state index contributed by atoms with van der Waals surface area (Å²) >= 11 is 27.5. The summed E-state index contributed by atoms with van der Waals surface area (Å²) in [6.07, 6.45) is 6.71. The molecule has 4 rings (SSSR count). The van der Waals surface area contributed by atoms with E-state index in [1.807, 2.05) is 0 Å². The summed E-state index contributed by atoms with van der Waals surface area (Å²) in [5.41, 5.74) is -1.39. The number of hydrogen-bond acceptors (Lipinski definition) is 10. The number of carbonyl (C=O) groups is 2. The van der Waals surface area contributed by atoms with Gasteiger partial charge in [0.15, 0.2) is 0 Å². The minimum absolute atomic E-state index is 0. The third-order valence-corrected chi connectivity index (χ3v) is 10.7. The molecule has 0 fully saturated rings. The topological polar surface area (TPSA) is 174 Å². The molecule has 2 aromatic heterocycles. The molecule has 0 aliphatic heterocycles. The maximum absolute atomic E-state index is 11.7. The maximum Gasteiger partial charge on any atom is 0.222 e. The van der Waals surface area contributed by atoms with Gasteiger partial charge in [0.25, 0.3) is 0 Å². The fourth-order valence-electron chi connectivity index (χ4n) is 4.56. The lowest BCUT2D eigenvalue weighted by Gasteiger charge is -2.29. The van der Waals surface area contributed by atoms with Crippen molar-refractivity contribution in [2.75, 3.05) is 51.2 Å². The summed E-state index contributed by atoms with van der Waals surface area (Å²) in [5, 5.41) is 32.4. The summed E-state index contributed by atoms with van der Waals surface area (Å²) in [6.45, 7) is 0.395. The molecule has 2 unspecified atom stereocenters. The van der Waals surface area contributed by atoms with Crippen LogP contribution in [0.15, 0.2) is 61.7 Å². The van der Waals surface area contributed by atoms with Gasteiger partial charge in [-0.15, -0.1) is 24.8 Å². The predicted molar refractivity (Wildman–Crippen MR) is 220 cm³/mol. The second kappa shape index (κ2) is 24.5. The average Bonchev–Trinajstić information content (AvgIpc) is 3.76. The molecular formula is C32H44Cl6N8O5S2. The van der Waals surface area contributed by atoms with Crippen molar-refractivity contribution in [3.05, 3.63) is 92.9 Å². The Balaban J connectivity index is 0.000000966. The molecular weight excluding hydrogens is 853 g/mol. The first-order valence-corrected chi connectivity index (χ1v) is 19.0. The number of amides is 2. The van der Waals surface area contributed by atoms with Crippen LogP contribution in [-0.2, 0) is 33.9 Å². The van der Waals surface area contributed by atoms with Crippen molar-refractivity contribution >= 4 is 107 Å². The van der Waals surface area contributed by atoms with Crippen LogP contribution in [0.2, 0.25) is 20.1 Å². The summed E-state index contributed by atoms with van der Waals surface area (Å²) in [7, 11) is 6.89. The highest BCUT2D eigenvalue weighted by Gasteiger charge is 2.34. The first-order valence-electron chi connectivity index (χ1n) is 15.2. The molecule has 13 nitrogen and oxygen atoms in total. The van der Waals surface area contributed by atoms with E-state index in [0.29, 0.717) is 67.1 Å². The number of aliphatic hydroxyl groups is 2. The molecule has 0 aliphatic carbocycles. The van der Waals surface area contributed by atoms with Crippen LogP contribution in [0.5, 0.6) is 0 Å². The van der Waals surface area contributed by atoms with Crippen LogP contribution in [-0.4, -0.2) is 118 Å². The summed E-state index contributed by atoms with van der Waals surface area (Å²) in [5.74, 6) is 2.02. The van der Waals surface area contributed by atoms with Crippen LogP contribution in [0.4, 0.5) is 0 Å². The Morgan fingerprint density at radius 2 is 1.06 bits per heavy atom. The first kappa shape index (κ1) is 51.0. The van der Waals surface area contributed by atoms with Crippen LogP contribution < -0.4 is 0 Å². The molecule has 4 aromatic rings. The van der Waals surface area contributed by atoms with E-state index in [-0.39, 0.29) is 55.2 Å². The van der Waals surface area contributed by atoms with Crippen LogP contribution in [0.3, 0.4) is 0 Å². The van der Waals surface area contributed by atoms with E-state index in [1.165, 1.54) is 48.8 Å². The molecule has 21 heteroatoms. The SMILES string of the molecule is CN(C)C(=O)CCSCC(O)(Cn1cncn1)c1ccc(Cl)cc1Cl.CN(C)C(=O)CCSCC(O)(Cn1cncn1)c1ccc(Cl)cc1Cl.Cl.Cl.O. The Hall–Kier alpha value is -2.02. The molecule has 0 saturated heterocycles. The van der Waals surface area contributed by atoms with Gasteiger partial charge in [0, 0.05) is 95.3 Å². The highest BCUT2D eigenvalue weighted by molar-refractivity contribution is 7.99. The quantitative estimate of drug-likeness (QED) is 0.139. The minimum Gasteiger partial charge on any atom is -0.412 e. The zero-order valence-electron chi connectivity index (χ0n) is 29.4. The van der Waals surface area contributed by atoms with Crippen molar-refractivity contribution in [2.24, 2.45) is 0 Å². The lowest BCUT2D eigenvalue weighted by Crippen LogP contribution is -2.35. The number of benzene rings is 2. The summed E-state index contributed by atoms with van der Waals surface area (Å²) < 4.78 is 3.10. The third kappa shape index (κ3) is 16.3.